The molecule has 1 aromatic heterocycles. The topological polar surface area (TPSA) is 63.2 Å². The van der Waals surface area contributed by atoms with Gasteiger partial charge in [0.05, 0.1) is 11.3 Å². The van der Waals surface area contributed by atoms with E-state index in [0.717, 1.165) is 44.5 Å². The number of pyridine rings is 1. The molecule has 0 unspecified atom stereocenters. The van der Waals surface area contributed by atoms with E-state index >= 15 is 0 Å². The van der Waals surface area contributed by atoms with Crippen molar-refractivity contribution in [3.63, 3.8) is 0 Å². The number of benzene rings is 1. The molecule has 1 aliphatic carbocycles. The van der Waals surface area contributed by atoms with Crippen LogP contribution < -0.4 is 10.6 Å². The van der Waals surface area contributed by atoms with Crippen molar-refractivity contribution in [1.29, 1.82) is 0 Å². The Kier molecular flexibility index (Phi) is 5.92. The van der Waals surface area contributed by atoms with Crippen molar-refractivity contribution in [1.82, 2.24) is 10.3 Å². The van der Waals surface area contributed by atoms with Crippen LogP contribution in [0, 0.1) is 11.7 Å². The molecule has 0 bridgehead atoms. The maximum Gasteiger partial charge on any atom is 0.253 e. The third-order valence-electron chi connectivity index (χ3n) is 5.28. The molecule has 5 nitrogen and oxygen atoms in total. The lowest BCUT2D eigenvalue weighted by Crippen LogP contribution is -2.32. The van der Waals surface area contributed by atoms with E-state index < -0.39 is 0 Å². The van der Waals surface area contributed by atoms with Crippen molar-refractivity contribution in [2.24, 2.45) is 5.92 Å². The molecule has 2 heterocycles. The van der Waals surface area contributed by atoms with E-state index in [-0.39, 0.29) is 11.7 Å². The van der Waals surface area contributed by atoms with Crippen LogP contribution in [0.1, 0.15) is 47.5 Å². The molecule has 148 valence electrons. The van der Waals surface area contributed by atoms with E-state index in [0.29, 0.717) is 39.9 Å². The van der Waals surface area contributed by atoms with Crippen LogP contribution in [0.3, 0.4) is 0 Å². The average molecular weight is 448 g/mol. The largest absolute Gasteiger partial charge is 0.381 e. The second-order valence-corrected chi connectivity index (χ2v) is 8.36. The van der Waals surface area contributed by atoms with Gasteiger partial charge in [0.1, 0.15) is 11.6 Å². The summed E-state index contributed by atoms with van der Waals surface area (Å²) in [4.78, 5) is 17.1. The van der Waals surface area contributed by atoms with Gasteiger partial charge in [-0.1, -0.05) is 15.9 Å². The average Bonchev–Trinajstić information content (AvgIpc) is 3.54. The lowest BCUT2D eigenvalue weighted by molar-refractivity contribution is 0.0642. The Hall–Kier alpha value is -1.99. The summed E-state index contributed by atoms with van der Waals surface area (Å²) in [7, 11) is 0. The Morgan fingerprint density at radius 1 is 1.21 bits per heavy atom. The van der Waals surface area contributed by atoms with Crippen molar-refractivity contribution >= 4 is 33.3 Å². The molecule has 28 heavy (non-hydrogen) atoms. The van der Waals surface area contributed by atoms with Crippen molar-refractivity contribution in [2.75, 3.05) is 25.1 Å². The van der Waals surface area contributed by atoms with Crippen LogP contribution in [0.4, 0.5) is 15.9 Å². The molecular weight excluding hydrogens is 425 g/mol. The zero-order valence-corrected chi connectivity index (χ0v) is 17.1. The van der Waals surface area contributed by atoms with Crippen LogP contribution in [0.2, 0.25) is 0 Å². The van der Waals surface area contributed by atoms with Crippen LogP contribution in [0.25, 0.3) is 0 Å². The maximum absolute atomic E-state index is 14.1. The predicted molar refractivity (Wildman–Crippen MR) is 109 cm³/mol. The molecule has 1 amide bonds. The normalized spacial score (nSPS) is 17.4. The SMILES string of the molecule is O=C(NCC1CCOCC1)c1cnc(Nc2ccc(Br)cc2F)cc1C1CC1. The van der Waals surface area contributed by atoms with Gasteiger partial charge in [0, 0.05) is 30.4 Å². The minimum Gasteiger partial charge on any atom is -0.381 e. The maximum atomic E-state index is 14.1. The summed E-state index contributed by atoms with van der Waals surface area (Å²) < 4.78 is 20.1. The second kappa shape index (κ2) is 8.57. The van der Waals surface area contributed by atoms with E-state index in [4.69, 9.17) is 4.74 Å². The summed E-state index contributed by atoms with van der Waals surface area (Å²) in [5, 5.41) is 6.08. The van der Waals surface area contributed by atoms with Crippen LogP contribution in [-0.4, -0.2) is 30.6 Å². The van der Waals surface area contributed by atoms with Gasteiger partial charge < -0.3 is 15.4 Å². The zero-order chi connectivity index (χ0) is 19.5. The predicted octanol–water partition coefficient (Wildman–Crippen LogP) is 4.76. The number of rotatable bonds is 6. The van der Waals surface area contributed by atoms with Crippen molar-refractivity contribution in [3.05, 3.63) is 51.9 Å². The summed E-state index contributed by atoms with van der Waals surface area (Å²) >= 11 is 3.25. The number of amides is 1. The molecule has 2 N–H and O–H groups in total. The highest BCUT2D eigenvalue weighted by Crippen LogP contribution is 2.42. The molecule has 0 spiro atoms. The fourth-order valence-electron chi connectivity index (χ4n) is 3.47. The van der Waals surface area contributed by atoms with E-state index in [9.17, 15) is 9.18 Å². The molecule has 1 aliphatic heterocycles. The second-order valence-electron chi connectivity index (χ2n) is 7.45. The highest BCUT2D eigenvalue weighted by molar-refractivity contribution is 9.10. The first-order valence-corrected chi connectivity index (χ1v) is 10.5. The van der Waals surface area contributed by atoms with Gasteiger partial charge in [-0.3, -0.25) is 4.79 Å². The Labute approximate surface area is 172 Å². The summed E-state index contributed by atoms with van der Waals surface area (Å²) in [5.74, 6) is 0.951. The molecular formula is C21H23BrFN3O2. The minimum atomic E-state index is -0.359. The fourth-order valence-corrected chi connectivity index (χ4v) is 3.81. The fraction of sp³-hybridized carbons (Fsp3) is 0.429. The lowest BCUT2D eigenvalue weighted by Gasteiger charge is -2.22. The number of ether oxygens (including phenoxy) is 1. The third-order valence-corrected chi connectivity index (χ3v) is 5.78. The number of hydrogen-bond donors (Lipinski definition) is 2. The van der Waals surface area contributed by atoms with Crippen LogP contribution in [0.15, 0.2) is 34.9 Å². The van der Waals surface area contributed by atoms with Crippen molar-refractivity contribution in [2.45, 2.75) is 31.6 Å². The Balaban J connectivity index is 1.48. The number of aromatic nitrogens is 1. The molecule has 2 fully saturated rings. The molecule has 7 heteroatoms. The monoisotopic (exact) mass is 447 g/mol. The Morgan fingerprint density at radius 3 is 2.71 bits per heavy atom. The number of carbonyl (C=O) groups is 1. The molecule has 1 saturated carbocycles. The molecule has 1 saturated heterocycles. The quantitative estimate of drug-likeness (QED) is 0.669. The van der Waals surface area contributed by atoms with Crippen LogP contribution >= 0.6 is 15.9 Å². The minimum absolute atomic E-state index is 0.0812. The highest BCUT2D eigenvalue weighted by Gasteiger charge is 2.29. The van der Waals surface area contributed by atoms with Gasteiger partial charge in [0.2, 0.25) is 0 Å². The Bertz CT molecular complexity index is 867. The molecule has 2 aromatic rings. The highest BCUT2D eigenvalue weighted by atomic mass is 79.9. The van der Waals surface area contributed by atoms with Crippen LogP contribution in [-0.2, 0) is 4.74 Å². The first-order chi connectivity index (χ1) is 13.6. The lowest BCUT2D eigenvalue weighted by atomic mass is 10.00. The van der Waals surface area contributed by atoms with Crippen LogP contribution in [0.5, 0.6) is 0 Å². The van der Waals surface area contributed by atoms with E-state index in [1.807, 2.05) is 6.07 Å². The zero-order valence-electron chi connectivity index (χ0n) is 15.5. The van der Waals surface area contributed by atoms with Gasteiger partial charge in [-0.2, -0.15) is 0 Å². The van der Waals surface area contributed by atoms with Crippen molar-refractivity contribution in [3.8, 4) is 0 Å². The van der Waals surface area contributed by atoms with Gasteiger partial charge in [-0.25, -0.2) is 9.37 Å². The smallest absolute Gasteiger partial charge is 0.253 e. The molecule has 4 rings (SSSR count). The molecule has 0 radical (unpaired) electrons. The molecule has 1 aromatic carbocycles. The van der Waals surface area contributed by atoms with Gasteiger partial charge in [0.25, 0.3) is 5.91 Å². The molecule has 2 aliphatic rings. The van der Waals surface area contributed by atoms with E-state index in [1.165, 1.54) is 6.07 Å². The summed E-state index contributed by atoms with van der Waals surface area (Å²) in [6, 6.07) is 6.71. The third kappa shape index (κ3) is 4.70. The van der Waals surface area contributed by atoms with Gasteiger partial charge in [-0.05, 0) is 67.3 Å². The van der Waals surface area contributed by atoms with E-state index in [1.54, 1.807) is 18.3 Å². The number of hydrogen-bond acceptors (Lipinski definition) is 4. The van der Waals surface area contributed by atoms with E-state index in [2.05, 4.69) is 31.5 Å². The Morgan fingerprint density at radius 2 is 2.00 bits per heavy atom. The van der Waals surface area contributed by atoms with Gasteiger partial charge in [0.15, 0.2) is 0 Å². The van der Waals surface area contributed by atoms with Gasteiger partial charge in [-0.15, -0.1) is 0 Å². The number of nitrogens with zero attached hydrogens (tertiary/aromatic N) is 1. The number of carbonyl (C=O) groups excluding carboxylic acids is 1. The first kappa shape index (κ1) is 19.3. The molecule has 0 atom stereocenters. The number of nitrogens with one attached hydrogen (secondary N) is 2. The van der Waals surface area contributed by atoms with Crippen molar-refractivity contribution < 1.29 is 13.9 Å². The summed E-state index contributed by atoms with van der Waals surface area (Å²) in [6.45, 7) is 2.20. The summed E-state index contributed by atoms with van der Waals surface area (Å²) in [5.41, 5.74) is 1.96. The van der Waals surface area contributed by atoms with Gasteiger partial charge >= 0.3 is 0 Å². The number of anilines is 2. The number of halogens is 2. The standard InChI is InChI=1S/C21H23BrFN3O2/c22-15-3-4-19(18(23)9-15)26-20-10-16(14-1-2-14)17(12-24-20)21(27)25-11-13-5-7-28-8-6-13/h3-4,9-10,12-14H,1-2,5-8,11H2,(H,24,26)(H,25,27). The first-order valence-electron chi connectivity index (χ1n) is 9.68. The summed E-state index contributed by atoms with van der Waals surface area (Å²) in [6.07, 6.45) is 5.70.